The van der Waals surface area contributed by atoms with Crippen molar-refractivity contribution >= 4 is 29.3 Å². The molecule has 20 heavy (non-hydrogen) atoms. The fourth-order valence-electron chi connectivity index (χ4n) is 2.26. The third kappa shape index (κ3) is 2.07. The average Bonchev–Trinajstić information content (AvgIpc) is 2.90. The summed E-state index contributed by atoms with van der Waals surface area (Å²) in [6.07, 6.45) is -0.502. The lowest BCUT2D eigenvalue weighted by Crippen LogP contribution is -2.42. The first kappa shape index (κ1) is 12.5. The predicted octanol–water partition coefficient (Wildman–Crippen LogP) is 1.86. The summed E-state index contributed by atoms with van der Waals surface area (Å²) in [6, 6.07) is 5.07. The second-order valence-electron chi connectivity index (χ2n) is 4.39. The molecule has 0 bridgehead atoms. The number of urea groups is 1. The summed E-state index contributed by atoms with van der Waals surface area (Å²) in [7, 11) is 0. The van der Waals surface area contributed by atoms with Crippen LogP contribution in [0, 0.1) is 0 Å². The monoisotopic (exact) mass is 274 g/mol. The normalized spacial score (nSPS) is 15.9. The molecule has 3 amide bonds. The van der Waals surface area contributed by atoms with Crippen LogP contribution in [0.1, 0.15) is 12.5 Å². The molecule has 1 aromatic carbocycles. The van der Waals surface area contributed by atoms with E-state index in [-0.39, 0.29) is 6.03 Å². The van der Waals surface area contributed by atoms with Gasteiger partial charge in [0.25, 0.3) is 0 Å². The van der Waals surface area contributed by atoms with Gasteiger partial charge in [0.2, 0.25) is 0 Å². The number of carbonyl (C=O) groups excluding carboxylic acids is 2. The Morgan fingerprint density at radius 1 is 1.55 bits per heavy atom. The molecule has 0 radical (unpaired) electrons. The highest BCUT2D eigenvalue weighted by Crippen LogP contribution is 2.28. The number of carbonyl (C=O) groups is 2. The third-order valence-electron chi connectivity index (χ3n) is 3.11. The zero-order chi connectivity index (χ0) is 14.1. The second-order valence-corrected chi connectivity index (χ2v) is 4.39. The fourth-order valence-corrected chi connectivity index (χ4v) is 2.26. The number of rotatable bonds is 2. The Morgan fingerprint density at radius 2 is 2.40 bits per heavy atom. The van der Waals surface area contributed by atoms with Crippen LogP contribution >= 0.6 is 0 Å². The quantitative estimate of drug-likeness (QED) is 0.863. The molecule has 2 heterocycles. The van der Waals surface area contributed by atoms with Crippen LogP contribution in [-0.4, -0.2) is 42.6 Å². The minimum atomic E-state index is -0.502. The van der Waals surface area contributed by atoms with E-state index in [9.17, 15) is 9.59 Å². The third-order valence-corrected chi connectivity index (χ3v) is 3.11. The van der Waals surface area contributed by atoms with E-state index in [4.69, 9.17) is 4.74 Å². The van der Waals surface area contributed by atoms with Crippen LogP contribution in [0.25, 0.3) is 0 Å². The van der Waals surface area contributed by atoms with E-state index in [1.807, 2.05) is 0 Å². The van der Waals surface area contributed by atoms with Gasteiger partial charge in [-0.1, -0.05) is 0 Å². The molecule has 0 saturated heterocycles. The van der Waals surface area contributed by atoms with Gasteiger partial charge in [0.15, 0.2) is 0 Å². The molecule has 2 aliphatic rings. The van der Waals surface area contributed by atoms with Crippen molar-refractivity contribution in [2.45, 2.75) is 6.92 Å². The van der Waals surface area contributed by atoms with Crippen molar-refractivity contribution in [1.82, 2.24) is 4.90 Å². The highest BCUT2D eigenvalue weighted by atomic mass is 16.5. The van der Waals surface area contributed by atoms with E-state index >= 15 is 0 Å². The van der Waals surface area contributed by atoms with Crippen molar-refractivity contribution in [3.63, 3.8) is 0 Å². The molecular formula is C13H14N4O3. The maximum atomic E-state index is 11.8. The molecule has 2 aliphatic heterocycles. The highest BCUT2D eigenvalue weighted by Gasteiger charge is 2.31. The van der Waals surface area contributed by atoms with Crippen LogP contribution in [0.5, 0.6) is 0 Å². The van der Waals surface area contributed by atoms with Gasteiger partial charge >= 0.3 is 12.1 Å². The molecule has 0 aliphatic carbocycles. The van der Waals surface area contributed by atoms with Crippen molar-refractivity contribution in [3.8, 4) is 0 Å². The van der Waals surface area contributed by atoms with Crippen molar-refractivity contribution in [2.75, 3.05) is 30.3 Å². The lowest BCUT2D eigenvalue weighted by atomic mass is 10.1. The number of fused-ring (bicyclic) bond motifs is 3. The molecule has 1 aromatic rings. The largest absolute Gasteiger partial charge is 0.450 e. The smallest absolute Gasteiger partial charge is 0.411 e. The van der Waals surface area contributed by atoms with Crippen LogP contribution in [0.3, 0.4) is 0 Å². The van der Waals surface area contributed by atoms with Crippen molar-refractivity contribution in [1.29, 1.82) is 0 Å². The van der Waals surface area contributed by atoms with E-state index < -0.39 is 6.09 Å². The topological polar surface area (TPSA) is 83.0 Å². The lowest BCUT2D eigenvalue weighted by molar-refractivity contribution is 0.168. The van der Waals surface area contributed by atoms with Crippen LogP contribution in [0.2, 0.25) is 0 Å². The first-order chi connectivity index (χ1) is 9.69. The number of nitrogens with zero attached hydrogens (tertiary/aromatic N) is 2. The van der Waals surface area contributed by atoms with Crippen molar-refractivity contribution in [2.24, 2.45) is 4.99 Å². The predicted molar refractivity (Wildman–Crippen MR) is 74.2 cm³/mol. The number of aliphatic imine (C=N–C) groups is 1. The lowest BCUT2D eigenvalue weighted by Gasteiger charge is -2.26. The van der Waals surface area contributed by atoms with Gasteiger partial charge in [0.05, 0.1) is 18.8 Å². The summed E-state index contributed by atoms with van der Waals surface area (Å²) < 4.78 is 4.83. The Bertz CT molecular complexity index is 612. The van der Waals surface area contributed by atoms with Gasteiger partial charge in [-0.2, -0.15) is 0 Å². The van der Waals surface area contributed by atoms with E-state index in [0.29, 0.717) is 36.9 Å². The molecule has 7 nitrogen and oxygen atoms in total. The molecule has 0 fully saturated rings. The summed E-state index contributed by atoms with van der Waals surface area (Å²) in [5.41, 5.74) is 2.10. The molecule has 104 valence electrons. The summed E-state index contributed by atoms with van der Waals surface area (Å²) in [4.78, 5) is 29.2. The first-order valence-corrected chi connectivity index (χ1v) is 6.40. The number of amidine groups is 1. The van der Waals surface area contributed by atoms with Gasteiger partial charge in [-0.25, -0.2) is 9.59 Å². The number of nitrogens with one attached hydrogen (secondary N) is 2. The molecular weight excluding hydrogens is 260 g/mol. The average molecular weight is 274 g/mol. The van der Waals surface area contributed by atoms with Crippen LogP contribution in [0.15, 0.2) is 23.2 Å². The molecule has 7 heteroatoms. The van der Waals surface area contributed by atoms with E-state index in [0.717, 1.165) is 5.56 Å². The van der Waals surface area contributed by atoms with Gasteiger partial charge in [-0.15, -0.1) is 0 Å². The van der Waals surface area contributed by atoms with Gasteiger partial charge in [-0.05, 0) is 25.1 Å². The first-order valence-electron chi connectivity index (χ1n) is 6.40. The number of hydrogen-bond acceptors (Lipinski definition) is 4. The Balaban J connectivity index is 1.90. The number of ether oxygens (including phenoxy) is 1. The fraction of sp³-hybridized carbons (Fsp3) is 0.308. The van der Waals surface area contributed by atoms with Crippen LogP contribution in [-0.2, 0) is 4.74 Å². The number of amides is 3. The summed E-state index contributed by atoms with van der Waals surface area (Å²) in [5.74, 6) is 0.649. The molecule has 0 spiro atoms. The van der Waals surface area contributed by atoms with Gasteiger partial charge in [-0.3, -0.25) is 15.2 Å². The van der Waals surface area contributed by atoms with E-state index in [1.54, 1.807) is 30.0 Å². The van der Waals surface area contributed by atoms with Gasteiger partial charge in [0.1, 0.15) is 5.84 Å². The van der Waals surface area contributed by atoms with Crippen molar-refractivity contribution < 1.29 is 14.3 Å². The molecule has 0 atom stereocenters. The molecule has 0 aromatic heterocycles. The minimum Gasteiger partial charge on any atom is -0.450 e. The summed E-state index contributed by atoms with van der Waals surface area (Å²) in [5, 5.41) is 5.44. The summed E-state index contributed by atoms with van der Waals surface area (Å²) in [6.45, 7) is 3.23. The Morgan fingerprint density at radius 3 is 3.20 bits per heavy atom. The number of hydrogen-bond donors (Lipinski definition) is 2. The Labute approximate surface area is 115 Å². The Kier molecular flexibility index (Phi) is 3.02. The maximum Gasteiger partial charge on any atom is 0.411 e. The summed E-state index contributed by atoms with van der Waals surface area (Å²) >= 11 is 0. The molecule has 0 saturated carbocycles. The second kappa shape index (κ2) is 4.84. The van der Waals surface area contributed by atoms with Crippen LogP contribution in [0.4, 0.5) is 21.0 Å². The minimum absolute atomic E-state index is 0.167. The van der Waals surface area contributed by atoms with E-state index in [2.05, 4.69) is 15.6 Å². The zero-order valence-electron chi connectivity index (χ0n) is 11.0. The molecule has 3 rings (SSSR count). The maximum absolute atomic E-state index is 11.8. The molecule has 2 N–H and O–H groups in total. The molecule has 0 unspecified atom stereocenters. The van der Waals surface area contributed by atoms with Gasteiger partial charge in [0, 0.05) is 17.8 Å². The Hall–Kier alpha value is -2.57. The van der Waals surface area contributed by atoms with Gasteiger partial charge < -0.3 is 10.1 Å². The standard InChI is InChI=1S/C13H14N4O3/c1-2-20-13(19)15-8-3-4-10-9(7-8)11-14-5-6-17(11)12(18)16-10/h3-4,7H,2,5-6H2,1H3,(H,15,19)(H,16,18). The van der Waals surface area contributed by atoms with Crippen LogP contribution < -0.4 is 10.6 Å². The SMILES string of the molecule is CCOC(=O)Nc1ccc2c(c1)C1=NCCN1C(=O)N2. The number of anilines is 2. The van der Waals surface area contributed by atoms with E-state index in [1.165, 1.54) is 0 Å². The zero-order valence-corrected chi connectivity index (χ0v) is 11.0. The van der Waals surface area contributed by atoms with Crippen molar-refractivity contribution in [3.05, 3.63) is 23.8 Å². The highest BCUT2D eigenvalue weighted by molar-refractivity contribution is 6.19. The number of benzene rings is 1.